The van der Waals surface area contributed by atoms with E-state index in [0.717, 1.165) is 36.0 Å². The van der Waals surface area contributed by atoms with E-state index < -0.39 is 5.60 Å². The van der Waals surface area contributed by atoms with Crippen LogP contribution >= 0.6 is 15.9 Å². The number of halogens is 1. The molecule has 0 aromatic carbocycles. The van der Waals surface area contributed by atoms with Crippen molar-refractivity contribution >= 4 is 15.9 Å². The Hall–Kier alpha value is -0.410. The van der Waals surface area contributed by atoms with Crippen LogP contribution in [0.2, 0.25) is 0 Å². The van der Waals surface area contributed by atoms with E-state index in [1.807, 2.05) is 18.2 Å². The largest absolute Gasteiger partial charge is 0.384 e. The van der Waals surface area contributed by atoms with Crippen molar-refractivity contribution in [2.75, 3.05) is 0 Å². The molecule has 1 aliphatic carbocycles. The lowest BCUT2D eigenvalue weighted by Crippen LogP contribution is -2.29. The van der Waals surface area contributed by atoms with Crippen LogP contribution < -0.4 is 0 Å². The van der Waals surface area contributed by atoms with Crippen LogP contribution in [0, 0.1) is 0 Å². The maximum Gasteiger partial charge on any atom is 0.107 e. The summed E-state index contributed by atoms with van der Waals surface area (Å²) in [5.74, 6) is 0. The van der Waals surface area contributed by atoms with Crippen molar-refractivity contribution in [2.24, 2.45) is 0 Å². The van der Waals surface area contributed by atoms with Gasteiger partial charge in [0.2, 0.25) is 0 Å². The SMILES string of the molecule is OC1(c2cccc(Br)n2)CCCCC1. The number of aromatic nitrogens is 1. The zero-order valence-corrected chi connectivity index (χ0v) is 9.63. The first-order valence-electron chi connectivity index (χ1n) is 5.06. The molecule has 1 fully saturated rings. The molecular formula is C11H14BrNO. The first-order chi connectivity index (χ1) is 6.71. The minimum atomic E-state index is -0.679. The van der Waals surface area contributed by atoms with Crippen LogP contribution in [0.5, 0.6) is 0 Å². The Labute approximate surface area is 92.5 Å². The smallest absolute Gasteiger partial charge is 0.107 e. The van der Waals surface area contributed by atoms with Crippen LogP contribution in [0.1, 0.15) is 37.8 Å². The normalized spacial score (nSPS) is 20.7. The molecule has 0 radical (unpaired) electrons. The molecule has 0 bridgehead atoms. The predicted molar refractivity (Wildman–Crippen MR) is 58.9 cm³/mol. The second-order valence-corrected chi connectivity index (χ2v) is 4.75. The molecule has 1 aromatic heterocycles. The second kappa shape index (κ2) is 3.99. The van der Waals surface area contributed by atoms with E-state index in [1.54, 1.807) is 0 Å². The molecule has 0 unspecified atom stereocenters. The predicted octanol–water partition coefficient (Wildman–Crippen LogP) is 3.00. The molecule has 14 heavy (non-hydrogen) atoms. The summed E-state index contributed by atoms with van der Waals surface area (Å²) in [5.41, 5.74) is 0.133. The lowest BCUT2D eigenvalue weighted by Gasteiger charge is -2.31. The third-order valence-electron chi connectivity index (χ3n) is 2.87. The van der Waals surface area contributed by atoms with Gasteiger partial charge in [-0.15, -0.1) is 0 Å². The van der Waals surface area contributed by atoms with Gasteiger partial charge >= 0.3 is 0 Å². The van der Waals surface area contributed by atoms with Crippen LogP contribution in [0.4, 0.5) is 0 Å². The van der Waals surface area contributed by atoms with Crippen LogP contribution in [0.25, 0.3) is 0 Å². The maximum absolute atomic E-state index is 10.4. The Morgan fingerprint density at radius 1 is 1.21 bits per heavy atom. The summed E-state index contributed by atoms with van der Waals surface area (Å²) in [4.78, 5) is 4.34. The van der Waals surface area contributed by atoms with Gasteiger partial charge in [-0.2, -0.15) is 0 Å². The van der Waals surface area contributed by atoms with Crippen molar-refractivity contribution in [1.82, 2.24) is 4.98 Å². The van der Waals surface area contributed by atoms with Crippen LogP contribution in [-0.4, -0.2) is 10.1 Å². The molecule has 3 heteroatoms. The Bertz CT molecular complexity index is 321. The zero-order valence-electron chi connectivity index (χ0n) is 8.04. The number of aliphatic hydroxyl groups is 1. The summed E-state index contributed by atoms with van der Waals surface area (Å²) in [6.07, 6.45) is 5.12. The fraction of sp³-hybridized carbons (Fsp3) is 0.545. The lowest BCUT2D eigenvalue weighted by atomic mass is 9.82. The van der Waals surface area contributed by atoms with Gasteiger partial charge in [0.1, 0.15) is 10.2 Å². The summed E-state index contributed by atoms with van der Waals surface area (Å²) in [7, 11) is 0. The van der Waals surface area contributed by atoms with E-state index in [9.17, 15) is 5.11 Å². The van der Waals surface area contributed by atoms with E-state index in [1.165, 1.54) is 6.42 Å². The number of hydrogen-bond acceptors (Lipinski definition) is 2. The molecule has 2 rings (SSSR count). The van der Waals surface area contributed by atoms with Crippen molar-refractivity contribution < 1.29 is 5.11 Å². The van der Waals surface area contributed by atoms with Crippen LogP contribution in [0.15, 0.2) is 22.8 Å². The minimum Gasteiger partial charge on any atom is -0.384 e. The van der Waals surface area contributed by atoms with Crippen molar-refractivity contribution in [3.63, 3.8) is 0 Å². The minimum absolute atomic E-state index is 0.679. The maximum atomic E-state index is 10.4. The molecule has 1 saturated carbocycles. The van der Waals surface area contributed by atoms with E-state index >= 15 is 0 Å². The highest BCUT2D eigenvalue weighted by Gasteiger charge is 2.32. The van der Waals surface area contributed by atoms with Gasteiger partial charge in [0.15, 0.2) is 0 Å². The molecule has 0 saturated heterocycles. The molecule has 0 amide bonds. The number of pyridine rings is 1. The highest BCUT2D eigenvalue weighted by atomic mass is 79.9. The second-order valence-electron chi connectivity index (χ2n) is 3.94. The molecule has 76 valence electrons. The average molecular weight is 256 g/mol. The van der Waals surface area contributed by atoms with E-state index in [4.69, 9.17) is 0 Å². The first kappa shape index (κ1) is 10.1. The molecule has 2 nitrogen and oxygen atoms in total. The summed E-state index contributed by atoms with van der Waals surface area (Å²) in [6.45, 7) is 0. The average Bonchev–Trinajstić information content (AvgIpc) is 2.19. The van der Waals surface area contributed by atoms with E-state index in [0.29, 0.717) is 0 Å². The standard InChI is InChI=1S/C11H14BrNO/c12-10-6-4-5-9(13-10)11(14)7-2-1-3-8-11/h4-6,14H,1-3,7-8H2. The Morgan fingerprint density at radius 3 is 2.57 bits per heavy atom. The van der Waals surface area contributed by atoms with Gasteiger partial charge in [-0.05, 0) is 40.9 Å². The molecule has 0 spiro atoms. The summed E-state index contributed by atoms with van der Waals surface area (Å²) >= 11 is 3.33. The Morgan fingerprint density at radius 2 is 1.93 bits per heavy atom. The molecule has 1 N–H and O–H groups in total. The van der Waals surface area contributed by atoms with Crippen LogP contribution in [-0.2, 0) is 5.60 Å². The molecular weight excluding hydrogens is 242 g/mol. The van der Waals surface area contributed by atoms with Gasteiger partial charge in [0.25, 0.3) is 0 Å². The van der Waals surface area contributed by atoms with Gasteiger partial charge in [-0.1, -0.05) is 25.3 Å². The Kier molecular flexibility index (Phi) is 2.88. The fourth-order valence-electron chi connectivity index (χ4n) is 2.06. The van der Waals surface area contributed by atoms with E-state index in [-0.39, 0.29) is 0 Å². The molecule has 0 atom stereocenters. The summed E-state index contributed by atoms with van der Waals surface area (Å²) < 4.78 is 0.800. The topological polar surface area (TPSA) is 33.1 Å². The zero-order chi connectivity index (χ0) is 10.0. The van der Waals surface area contributed by atoms with Gasteiger partial charge in [0, 0.05) is 0 Å². The van der Waals surface area contributed by atoms with Crippen molar-refractivity contribution in [1.29, 1.82) is 0 Å². The van der Waals surface area contributed by atoms with Gasteiger partial charge < -0.3 is 5.11 Å². The number of rotatable bonds is 1. The van der Waals surface area contributed by atoms with Gasteiger partial charge in [0.05, 0.1) is 5.69 Å². The molecule has 1 heterocycles. The highest BCUT2D eigenvalue weighted by Crippen LogP contribution is 2.36. The highest BCUT2D eigenvalue weighted by molar-refractivity contribution is 9.10. The first-order valence-corrected chi connectivity index (χ1v) is 5.85. The third kappa shape index (κ3) is 1.98. The van der Waals surface area contributed by atoms with E-state index in [2.05, 4.69) is 20.9 Å². The summed E-state index contributed by atoms with van der Waals surface area (Å²) in [5, 5.41) is 10.4. The van der Waals surface area contributed by atoms with Gasteiger partial charge in [-0.25, -0.2) is 4.98 Å². The molecule has 1 aliphatic rings. The fourth-order valence-corrected chi connectivity index (χ4v) is 2.40. The summed E-state index contributed by atoms with van der Waals surface area (Å²) in [6, 6.07) is 5.73. The monoisotopic (exact) mass is 255 g/mol. The lowest BCUT2D eigenvalue weighted by molar-refractivity contribution is -0.00475. The molecule has 0 aliphatic heterocycles. The van der Waals surface area contributed by atoms with Crippen molar-refractivity contribution in [2.45, 2.75) is 37.7 Å². The van der Waals surface area contributed by atoms with Crippen molar-refractivity contribution in [3.8, 4) is 0 Å². The number of nitrogens with zero attached hydrogens (tertiary/aromatic N) is 1. The Balaban J connectivity index is 2.28. The van der Waals surface area contributed by atoms with Gasteiger partial charge in [-0.3, -0.25) is 0 Å². The van der Waals surface area contributed by atoms with Crippen molar-refractivity contribution in [3.05, 3.63) is 28.5 Å². The quantitative estimate of drug-likeness (QED) is 0.783. The number of hydrogen-bond donors (Lipinski definition) is 1. The van der Waals surface area contributed by atoms with Crippen LogP contribution in [0.3, 0.4) is 0 Å². The molecule has 1 aromatic rings. The third-order valence-corrected chi connectivity index (χ3v) is 3.31.